The molecule has 0 amide bonds. The van der Waals surface area contributed by atoms with Gasteiger partial charge in [0.2, 0.25) is 0 Å². The fourth-order valence-electron chi connectivity index (χ4n) is 1.55. The van der Waals surface area contributed by atoms with Crippen LogP contribution in [0.3, 0.4) is 0 Å². The number of nitrogens with zero attached hydrogens (tertiary/aromatic N) is 4. The van der Waals surface area contributed by atoms with Crippen LogP contribution in [0, 0.1) is 11.3 Å². The highest BCUT2D eigenvalue weighted by molar-refractivity contribution is 5.32. The minimum Gasteiger partial charge on any atom is -0.306 e. The number of hydrogen-bond acceptors (Lipinski definition) is 4. The number of aromatic nitrogens is 3. The van der Waals surface area contributed by atoms with E-state index < -0.39 is 0 Å². The lowest BCUT2D eigenvalue weighted by Gasteiger charge is -2.04. The predicted molar refractivity (Wildman–Crippen MR) is 62.7 cm³/mol. The standard InChI is InChI=1S/C12H13N5/c1-17-12(15-9-16-17)8-14-7-11-4-2-3-10(5-11)6-13/h2-5,9,14H,7-8H2,1H3. The van der Waals surface area contributed by atoms with Crippen LogP contribution in [-0.2, 0) is 20.1 Å². The Kier molecular flexibility index (Phi) is 3.48. The van der Waals surface area contributed by atoms with Crippen molar-refractivity contribution in [2.75, 3.05) is 0 Å². The minimum absolute atomic E-state index is 0.660. The molecule has 5 nitrogen and oxygen atoms in total. The molecule has 86 valence electrons. The number of benzene rings is 1. The van der Waals surface area contributed by atoms with Crippen LogP contribution in [0.15, 0.2) is 30.6 Å². The fourth-order valence-corrected chi connectivity index (χ4v) is 1.55. The van der Waals surface area contributed by atoms with Crippen LogP contribution < -0.4 is 5.32 Å². The molecule has 1 N–H and O–H groups in total. The largest absolute Gasteiger partial charge is 0.306 e. The maximum absolute atomic E-state index is 8.78. The number of nitriles is 1. The summed E-state index contributed by atoms with van der Waals surface area (Å²) in [5.74, 6) is 0.890. The van der Waals surface area contributed by atoms with E-state index in [0.717, 1.165) is 11.4 Å². The average molecular weight is 227 g/mol. The first-order chi connectivity index (χ1) is 8.29. The predicted octanol–water partition coefficient (Wildman–Crippen LogP) is 0.977. The summed E-state index contributed by atoms with van der Waals surface area (Å²) in [7, 11) is 1.86. The zero-order valence-corrected chi connectivity index (χ0v) is 9.59. The molecular weight excluding hydrogens is 214 g/mol. The van der Waals surface area contributed by atoms with E-state index in [-0.39, 0.29) is 0 Å². The van der Waals surface area contributed by atoms with Gasteiger partial charge in [-0.3, -0.25) is 4.68 Å². The Bertz CT molecular complexity index is 538. The van der Waals surface area contributed by atoms with Crippen molar-refractivity contribution in [1.82, 2.24) is 20.1 Å². The van der Waals surface area contributed by atoms with Gasteiger partial charge < -0.3 is 5.32 Å². The molecule has 0 spiro atoms. The Balaban J connectivity index is 1.90. The highest BCUT2D eigenvalue weighted by Gasteiger charge is 2.00. The second kappa shape index (κ2) is 5.23. The van der Waals surface area contributed by atoms with Crippen molar-refractivity contribution in [3.63, 3.8) is 0 Å². The molecular formula is C12H13N5. The molecule has 1 heterocycles. The van der Waals surface area contributed by atoms with E-state index in [1.54, 1.807) is 10.7 Å². The molecule has 1 aromatic carbocycles. The second-order valence-electron chi connectivity index (χ2n) is 3.72. The van der Waals surface area contributed by atoms with Crippen LogP contribution in [0.1, 0.15) is 17.0 Å². The Morgan fingerprint density at radius 2 is 2.29 bits per heavy atom. The van der Waals surface area contributed by atoms with Crippen LogP contribution in [0.25, 0.3) is 0 Å². The van der Waals surface area contributed by atoms with E-state index in [0.29, 0.717) is 18.7 Å². The van der Waals surface area contributed by atoms with Gasteiger partial charge in [-0.1, -0.05) is 12.1 Å². The summed E-state index contributed by atoms with van der Waals surface area (Å²) in [5, 5.41) is 16.0. The molecule has 0 unspecified atom stereocenters. The maximum atomic E-state index is 8.78. The lowest BCUT2D eigenvalue weighted by atomic mass is 10.1. The number of aryl methyl sites for hydroxylation is 1. The lowest BCUT2D eigenvalue weighted by molar-refractivity contribution is 0.614. The van der Waals surface area contributed by atoms with Crippen LogP contribution in [0.5, 0.6) is 0 Å². The summed E-state index contributed by atoms with van der Waals surface area (Å²) in [6.07, 6.45) is 1.54. The number of rotatable bonds is 4. The van der Waals surface area contributed by atoms with Gasteiger partial charge in [0.25, 0.3) is 0 Å². The van der Waals surface area contributed by atoms with E-state index >= 15 is 0 Å². The first-order valence-corrected chi connectivity index (χ1v) is 5.32. The molecule has 0 saturated heterocycles. The first kappa shape index (κ1) is 11.3. The lowest BCUT2D eigenvalue weighted by Crippen LogP contribution is -2.16. The molecule has 0 aliphatic rings. The van der Waals surface area contributed by atoms with E-state index in [4.69, 9.17) is 5.26 Å². The second-order valence-corrected chi connectivity index (χ2v) is 3.72. The van der Waals surface area contributed by atoms with Gasteiger partial charge in [-0.2, -0.15) is 10.4 Å². The Morgan fingerprint density at radius 3 is 3.00 bits per heavy atom. The molecule has 0 radical (unpaired) electrons. The molecule has 2 rings (SSSR count). The molecule has 0 saturated carbocycles. The quantitative estimate of drug-likeness (QED) is 0.845. The highest BCUT2D eigenvalue weighted by Crippen LogP contribution is 2.03. The summed E-state index contributed by atoms with van der Waals surface area (Å²) < 4.78 is 1.73. The monoisotopic (exact) mass is 227 g/mol. The normalized spacial score (nSPS) is 10.1. The number of hydrogen-bond donors (Lipinski definition) is 1. The zero-order valence-electron chi connectivity index (χ0n) is 9.59. The van der Waals surface area contributed by atoms with Crippen molar-refractivity contribution >= 4 is 0 Å². The summed E-state index contributed by atoms with van der Waals surface area (Å²) >= 11 is 0. The molecule has 0 fully saturated rings. The molecule has 17 heavy (non-hydrogen) atoms. The third-order valence-electron chi connectivity index (χ3n) is 2.47. The molecule has 5 heteroatoms. The molecule has 1 aromatic heterocycles. The highest BCUT2D eigenvalue weighted by atomic mass is 15.3. The van der Waals surface area contributed by atoms with Gasteiger partial charge in [-0.15, -0.1) is 0 Å². The van der Waals surface area contributed by atoms with Crippen molar-refractivity contribution in [2.45, 2.75) is 13.1 Å². The third-order valence-corrected chi connectivity index (χ3v) is 2.47. The average Bonchev–Trinajstić information content (AvgIpc) is 2.76. The summed E-state index contributed by atoms with van der Waals surface area (Å²) in [4.78, 5) is 4.12. The van der Waals surface area contributed by atoms with E-state index in [2.05, 4.69) is 21.5 Å². The van der Waals surface area contributed by atoms with Crippen molar-refractivity contribution in [3.05, 3.63) is 47.5 Å². The van der Waals surface area contributed by atoms with E-state index in [9.17, 15) is 0 Å². The minimum atomic E-state index is 0.660. The van der Waals surface area contributed by atoms with Crippen molar-refractivity contribution in [3.8, 4) is 6.07 Å². The Hall–Kier alpha value is -2.19. The molecule has 2 aromatic rings. The van der Waals surface area contributed by atoms with E-state index in [1.807, 2.05) is 25.2 Å². The van der Waals surface area contributed by atoms with Crippen molar-refractivity contribution in [2.24, 2.45) is 7.05 Å². The van der Waals surface area contributed by atoms with Crippen LogP contribution >= 0.6 is 0 Å². The van der Waals surface area contributed by atoms with Crippen molar-refractivity contribution in [1.29, 1.82) is 5.26 Å². The van der Waals surface area contributed by atoms with Gasteiger partial charge in [0.05, 0.1) is 18.2 Å². The molecule has 0 atom stereocenters. The fraction of sp³-hybridized carbons (Fsp3) is 0.250. The Morgan fingerprint density at radius 1 is 1.41 bits per heavy atom. The van der Waals surface area contributed by atoms with Gasteiger partial charge >= 0.3 is 0 Å². The van der Waals surface area contributed by atoms with Gasteiger partial charge in [0, 0.05) is 13.6 Å². The summed E-state index contributed by atoms with van der Waals surface area (Å²) in [5.41, 5.74) is 1.77. The summed E-state index contributed by atoms with van der Waals surface area (Å²) in [6, 6.07) is 9.68. The first-order valence-electron chi connectivity index (χ1n) is 5.32. The number of nitrogens with one attached hydrogen (secondary N) is 1. The van der Waals surface area contributed by atoms with Gasteiger partial charge in [-0.25, -0.2) is 4.98 Å². The maximum Gasteiger partial charge on any atom is 0.140 e. The van der Waals surface area contributed by atoms with Crippen LogP contribution in [0.4, 0.5) is 0 Å². The van der Waals surface area contributed by atoms with Crippen LogP contribution in [0.2, 0.25) is 0 Å². The zero-order chi connectivity index (χ0) is 12.1. The van der Waals surface area contributed by atoms with Crippen LogP contribution in [-0.4, -0.2) is 14.8 Å². The smallest absolute Gasteiger partial charge is 0.140 e. The Labute approximate surface area is 99.7 Å². The van der Waals surface area contributed by atoms with Gasteiger partial charge in [0.15, 0.2) is 0 Å². The molecule has 0 aliphatic carbocycles. The van der Waals surface area contributed by atoms with E-state index in [1.165, 1.54) is 6.33 Å². The summed E-state index contributed by atoms with van der Waals surface area (Å²) in [6.45, 7) is 1.37. The van der Waals surface area contributed by atoms with Crippen molar-refractivity contribution < 1.29 is 0 Å². The SMILES string of the molecule is Cn1ncnc1CNCc1cccc(C#N)c1. The topological polar surface area (TPSA) is 66.5 Å². The van der Waals surface area contributed by atoms with Gasteiger partial charge in [0.1, 0.15) is 12.2 Å². The molecule has 0 bridgehead atoms. The molecule has 0 aliphatic heterocycles. The third kappa shape index (κ3) is 2.89. The van der Waals surface area contributed by atoms with Gasteiger partial charge in [-0.05, 0) is 17.7 Å².